The standard InChI is InChI=1S/C12H13BrO3/c1-4-10(12(14)15-3)16-11-6-5-8(2)7-9(11)13/h4-7,10H,1H2,2-3H3. The molecule has 1 unspecified atom stereocenters. The van der Waals surface area contributed by atoms with Gasteiger partial charge in [-0.3, -0.25) is 0 Å². The molecule has 1 aromatic rings. The lowest BCUT2D eigenvalue weighted by atomic mass is 10.2. The van der Waals surface area contributed by atoms with Gasteiger partial charge in [-0.25, -0.2) is 4.79 Å². The van der Waals surface area contributed by atoms with Crippen molar-refractivity contribution in [2.45, 2.75) is 13.0 Å². The molecular formula is C12H13BrO3. The highest BCUT2D eigenvalue weighted by Crippen LogP contribution is 2.26. The second-order valence-electron chi connectivity index (χ2n) is 3.23. The van der Waals surface area contributed by atoms with Crippen LogP contribution in [-0.2, 0) is 9.53 Å². The molecule has 1 aromatic carbocycles. The van der Waals surface area contributed by atoms with Crippen LogP contribution in [0.2, 0.25) is 0 Å². The zero-order valence-electron chi connectivity index (χ0n) is 9.20. The van der Waals surface area contributed by atoms with Crippen molar-refractivity contribution in [2.24, 2.45) is 0 Å². The average Bonchev–Trinajstić information content (AvgIpc) is 2.27. The van der Waals surface area contributed by atoms with Crippen LogP contribution in [0, 0.1) is 6.92 Å². The molecule has 0 amide bonds. The number of hydrogen-bond donors (Lipinski definition) is 0. The molecule has 0 aliphatic rings. The Kier molecular flexibility index (Phi) is 4.55. The van der Waals surface area contributed by atoms with Gasteiger partial charge in [-0.1, -0.05) is 12.6 Å². The van der Waals surface area contributed by atoms with Crippen molar-refractivity contribution in [3.63, 3.8) is 0 Å². The first-order valence-electron chi connectivity index (χ1n) is 4.71. The normalized spacial score (nSPS) is 11.7. The number of ether oxygens (including phenoxy) is 2. The van der Waals surface area contributed by atoms with E-state index in [-0.39, 0.29) is 0 Å². The summed E-state index contributed by atoms with van der Waals surface area (Å²) < 4.78 is 10.8. The van der Waals surface area contributed by atoms with E-state index in [0.717, 1.165) is 10.0 Å². The van der Waals surface area contributed by atoms with Gasteiger partial charge in [0.25, 0.3) is 0 Å². The van der Waals surface area contributed by atoms with Crippen LogP contribution >= 0.6 is 15.9 Å². The fourth-order valence-electron chi connectivity index (χ4n) is 1.15. The van der Waals surface area contributed by atoms with Crippen molar-refractivity contribution in [2.75, 3.05) is 7.11 Å². The van der Waals surface area contributed by atoms with Crippen LogP contribution in [0.15, 0.2) is 35.3 Å². The number of halogens is 1. The molecule has 0 fully saturated rings. The van der Waals surface area contributed by atoms with E-state index in [9.17, 15) is 4.79 Å². The van der Waals surface area contributed by atoms with Crippen molar-refractivity contribution in [1.82, 2.24) is 0 Å². The van der Waals surface area contributed by atoms with Crippen molar-refractivity contribution in [3.8, 4) is 5.75 Å². The zero-order valence-corrected chi connectivity index (χ0v) is 10.8. The Hall–Kier alpha value is -1.29. The van der Waals surface area contributed by atoms with Gasteiger partial charge in [-0.15, -0.1) is 0 Å². The molecule has 0 spiro atoms. The Balaban J connectivity index is 2.86. The van der Waals surface area contributed by atoms with Crippen molar-refractivity contribution in [3.05, 3.63) is 40.9 Å². The number of carbonyl (C=O) groups excluding carboxylic acids is 1. The molecule has 16 heavy (non-hydrogen) atoms. The predicted molar refractivity (Wildman–Crippen MR) is 65.5 cm³/mol. The molecule has 0 aromatic heterocycles. The minimum atomic E-state index is -0.788. The third-order valence-corrected chi connectivity index (χ3v) is 2.61. The topological polar surface area (TPSA) is 35.5 Å². The number of carbonyl (C=O) groups is 1. The Bertz CT molecular complexity index is 401. The summed E-state index contributed by atoms with van der Waals surface area (Å²) in [4.78, 5) is 11.3. The van der Waals surface area contributed by atoms with Gasteiger partial charge in [0.15, 0.2) is 0 Å². The van der Waals surface area contributed by atoms with Crippen molar-refractivity contribution < 1.29 is 14.3 Å². The zero-order chi connectivity index (χ0) is 12.1. The maximum Gasteiger partial charge on any atom is 0.351 e. The molecule has 0 saturated carbocycles. The highest BCUT2D eigenvalue weighted by molar-refractivity contribution is 9.10. The molecule has 0 aliphatic carbocycles. The molecule has 0 saturated heterocycles. The largest absolute Gasteiger partial charge is 0.473 e. The summed E-state index contributed by atoms with van der Waals surface area (Å²) in [6, 6.07) is 5.60. The Morgan fingerprint density at radius 2 is 2.25 bits per heavy atom. The molecule has 86 valence electrons. The van der Waals surface area contributed by atoms with Gasteiger partial charge in [-0.05, 0) is 46.6 Å². The lowest BCUT2D eigenvalue weighted by Crippen LogP contribution is -2.26. The van der Waals surface area contributed by atoms with Crippen LogP contribution in [0.25, 0.3) is 0 Å². The van der Waals surface area contributed by atoms with E-state index < -0.39 is 12.1 Å². The molecule has 3 nitrogen and oxygen atoms in total. The van der Waals surface area contributed by atoms with Gasteiger partial charge in [0, 0.05) is 0 Å². The highest BCUT2D eigenvalue weighted by atomic mass is 79.9. The fourth-order valence-corrected chi connectivity index (χ4v) is 1.73. The second kappa shape index (κ2) is 5.70. The maximum atomic E-state index is 11.3. The summed E-state index contributed by atoms with van der Waals surface area (Å²) in [6.45, 7) is 5.50. The van der Waals surface area contributed by atoms with Crippen molar-refractivity contribution >= 4 is 21.9 Å². The number of methoxy groups -OCH3 is 1. The van der Waals surface area contributed by atoms with Gasteiger partial charge in [0.1, 0.15) is 5.75 Å². The van der Waals surface area contributed by atoms with Gasteiger partial charge in [-0.2, -0.15) is 0 Å². The third kappa shape index (κ3) is 3.10. The van der Waals surface area contributed by atoms with E-state index in [2.05, 4.69) is 27.2 Å². The SMILES string of the molecule is C=CC(Oc1ccc(C)cc1Br)C(=O)OC. The molecule has 1 atom stereocenters. The average molecular weight is 285 g/mol. The molecule has 0 N–H and O–H groups in total. The van der Waals surface area contributed by atoms with Gasteiger partial charge in [0.05, 0.1) is 11.6 Å². The third-order valence-electron chi connectivity index (χ3n) is 1.99. The van der Waals surface area contributed by atoms with E-state index in [1.807, 2.05) is 19.1 Å². The molecule has 0 heterocycles. The van der Waals surface area contributed by atoms with Gasteiger partial charge >= 0.3 is 5.97 Å². The summed E-state index contributed by atoms with van der Waals surface area (Å²) in [5, 5.41) is 0. The summed E-state index contributed by atoms with van der Waals surface area (Å²) in [7, 11) is 1.31. The van der Waals surface area contributed by atoms with E-state index in [1.165, 1.54) is 13.2 Å². The summed E-state index contributed by atoms with van der Waals surface area (Å²) in [5.41, 5.74) is 1.10. The highest BCUT2D eigenvalue weighted by Gasteiger charge is 2.18. The number of benzene rings is 1. The number of rotatable bonds is 4. The summed E-state index contributed by atoms with van der Waals surface area (Å²) in [6.07, 6.45) is 0.613. The van der Waals surface area contributed by atoms with Crippen LogP contribution in [0.3, 0.4) is 0 Å². The number of hydrogen-bond acceptors (Lipinski definition) is 3. The lowest BCUT2D eigenvalue weighted by Gasteiger charge is -2.14. The van der Waals surface area contributed by atoms with Gasteiger partial charge in [0.2, 0.25) is 6.10 Å². The molecule has 1 rings (SSSR count). The summed E-state index contributed by atoms with van der Waals surface area (Å²) >= 11 is 3.36. The Labute approximate surface area is 103 Å². The maximum absolute atomic E-state index is 11.3. The predicted octanol–water partition coefficient (Wildman–Crippen LogP) is 2.86. The smallest absolute Gasteiger partial charge is 0.351 e. The lowest BCUT2D eigenvalue weighted by molar-refractivity contribution is -0.146. The number of aryl methyl sites for hydroxylation is 1. The summed E-state index contributed by atoms with van der Waals surface area (Å²) in [5.74, 6) is 0.114. The quantitative estimate of drug-likeness (QED) is 0.630. The van der Waals surface area contributed by atoms with Crippen LogP contribution in [0.1, 0.15) is 5.56 Å². The molecular weight excluding hydrogens is 272 g/mol. The van der Waals surface area contributed by atoms with E-state index >= 15 is 0 Å². The Morgan fingerprint density at radius 1 is 1.56 bits per heavy atom. The minimum Gasteiger partial charge on any atom is -0.473 e. The molecule has 0 bridgehead atoms. The molecule has 0 aliphatic heterocycles. The van der Waals surface area contributed by atoms with Crippen LogP contribution < -0.4 is 4.74 Å². The van der Waals surface area contributed by atoms with E-state index in [4.69, 9.17) is 4.74 Å². The van der Waals surface area contributed by atoms with Crippen molar-refractivity contribution in [1.29, 1.82) is 0 Å². The monoisotopic (exact) mass is 284 g/mol. The first-order chi connectivity index (χ1) is 7.58. The fraction of sp³-hybridized carbons (Fsp3) is 0.250. The van der Waals surface area contributed by atoms with Crippen LogP contribution in [0.5, 0.6) is 5.75 Å². The first-order valence-corrected chi connectivity index (χ1v) is 5.51. The van der Waals surface area contributed by atoms with Crippen LogP contribution in [0.4, 0.5) is 0 Å². The first kappa shape index (κ1) is 12.8. The second-order valence-corrected chi connectivity index (χ2v) is 4.09. The van der Waals surface area contributed by atoms with E-state index in [0.29, 0.717) is 5.75 Å². The number of esters is 1. The Morgan fingerprint density at radius 3 is 2.75 bits per heavy atom. The molecule has 0 radical (unpaired) electrons. The molecule has 4 heteroatoms. The minimum absolute atomic E-state index is 0.470. The van der Waals surface area contributed by atoms with Crippen LogP contribution in [-0.4, -0.2) is 19.2 Å². The van der Waals surface area contributed by atoms with Gasteiger partial charge < -0.3 is 9.47 Å². The van der Waals surface area contributed by atoms with E-state index in [1.54, 1.807) is 6.07 Å².